The van der Waals surface area contributed by atoms with Crippen molar-refractivity contribution in [3.8, 4) is 0 Å². The molecule has 0 fully saturated rings. The molecule has 98 valence electrons. The fourth-order valence-electron chi connectivity index (χ4n) is 1.52. The van der Waals surface area contributed by atoms with Gasteiger partial charge in [-0.1, -0.05) is 11.3 Å². The lowest BCUT2D eigenvalue weighted by atomic mass is 10.2. The average Bonchev–Trinajstić information content (AvgIpc) is 2.89. The van der Waals surface area contributed by atoms with E-state index in [9.17, 15) is 0 Å². The summed E-state index contributed by atoms with van der Waals surface area (Å²) >= 11 is 3.12. The van der Waals surface area contributed by atoms with Crippen LogP contribution in [0.1, 0.15) is 17.2 Å². The van der Waals surface area contributed by atoms with Crippen LogP contribution in [0.15, 0.2) is 26.0 Å². The van der Waals surface area contributed by atoms with E-state index in [1.54, 1.807) is 11.3 Å². The van der Waals surface area contributed by atoms with Gasteiger partial charge in [0.1, 0.15) is 10.8 Å². The van der Waals surface area contributed by atoms with Gasteiger partial charge in [-0.3, -0.25) is 0 Å². The first-order chi connectivity index (χ1) is 8.63. The molecule has 0 aliphatic heterocycles. The molecule has 2 rings (SSSR count). The molecule has 0 saturated heterocycles. The normalized spacial score (nSPS) is 11.3. The van der Waals surface area contributed by atoms with Gasteiger partial charge in [-0.25, -0.2) is 0 Å². The largest absolute Gasteiger partial charge is 0.454 e. The van der Waals surface area contributed by atoms with Crippen LogP contribution in [-0.2, 0) is 6.42 Å². The second-order valence-electron chi connectivity index (χ2n) is 4.32. The Kier molecular flexibility index (Phi) is 4.79. The predicted molar refractivity (Wildman–Crippen MR) is 74.4 cm³/mol. The number of aromatic nitrogens is 2. The number of hydrogen-bond acceptors (Lipinski definition) is 6. The first-order valence-corrected chi connectivity index (χ1v) is 7.48. The molecule has 0 spiro atoms. The molecule has 0 atom stereocenters. The molecule has 0 radical (unpaired) electrons. The SMILES string of the molecule is Cc1nnc(Sc2ccc(CCCN(C)C)o2)s1. The summed E-state index contributed by atoms with van der Waals surface area (Å²) in [6.07, 6.45) is 2.09. The van der Waals surface area contributed by atoms with Crippen LogP contribution in [0.3, 0.4) is 0 Å². The lowest BCUT2D eigenvalue weighted by molar-refractivity contribution is 0.378. The van der Waals surface area contributed by atoms with Crippen molar-refractivity contribution in [3.63, 3.8) is 0 Å². The second-order valence-corrected chi connectivity index (χ2v) is 6.75. The van der Waals surface area contributed by atoms with Crippen molar-refractivity contribution in [1.29, 1.82) is 0 Å². The Labute approximate surface area is 115 Å². The molecule has 4 nitrogen and oxygen atoms in total. The van der Waals surface area contributed by atoms with E-state index >= 15 is 0 Å². The fraction of sp³-hybridized carbons (Fsp3) is 0.500. The highest BCUT2D eigenvalue weighted by Crippen LogP contribution is 2.31. The molecule has 6 heteroatoms. The van der Waals surface area contributed by atoms with E-state index in [0.717, 1.165) is 39.6 Å². The fourth-order valence-corrected chi connectivity index (χ4v) is 3.25. The zero-order chi connectivity index (χ0) is 13.0. The van der Waals surface area contributed by atoms with Gasteiger partial charge < -0.3 is 9.32 Å². The van der Waals surface area contributed by atoms with Crippen molar-refractivity contribution in [1.82, 2.24) is 15.1 Å². The molecule has 2 aromatic rings. The maximum absolute atomic E-state index is 5.76. The smallest absolute Gasteiger partial charge is 0.181 e. The Balaban J connectivity index is 1.86. The summed E-state index contributed by atoms with van der Waals surface area (Å²) in [5.41, 5.74) is 0. The van der Waals surface area contributed by atoms with E-state index in [0.29, 0.717) is 0 Å². The number of hydrogen-bond donors (Lipinski definition) is 0. The molecule has 0 unspecified atom stereocenters. The minimum absolute atomic E-state index is 0.894. The van der Waals surface area contributed by atoms with Gasteiger partial charge in [0.15, 0.2) is 9.43 Å². The molecule has 0 aromatic carbocycles. The van der Waals surface area contributed by atoms with Gasteiger partial charge in [-0.2, -0.15) is 0 Å². The molecule has 2 aromatic heterocycles. The molecule has 2 heterocycles. The van der Waals surface area contributed by atoms with Crippen LogP contribution < -0.4 is 0 Å². The Bertz CT molecular complexity index is 493. The quantitative estimate of drug-likeness (QED) is 0.815. The first kappa shape index (κ1) is 13.6. The van der Waals surface area contributed by atoms with Gasteiger partial charge in [-0.15, -0.1) is 10.2 Å². The Morgan fingerprint density at radius 1 is 1.33 bits per heavy atom. The zero-order valence-corrected chi connectivity index (χ0v) is 12.5. The average molecular weight is 283 g/mol. The summed E-state index contributed by atoms with van der Waals surface area (Å²) in [7, 11) is 4.17. The monoisotopic (exact) mass is 283 g/mol. The lowest BCUT2D eigenvalue weighted by Crippen LogP contribution is -2.13. The van der Waals surface area contributed by atoms with Gasteiger partial charge in [0.05, 0.1) is 0 Å². The second kappa shape index (κ2) is 6.36. The van der Waals surface area contributed by atoms with Crippen LogP contribution in [0.25, 0.3) is 0 Å². The third-order valence-electron chi connectivity index (χ3n) is 2.36. The van der Waals surface area contributed by atoms with Crippen LogP contribution in [-0.4, -0.2) is 35.7 Å². The summed E-state index contributed by atoms with van der Waals surface area (Å²) in [6, 6.07) is 4.05. The number of nitrogens with zero attached hydrogens (tertiary/aromatic N) is 3. The maximum Gasteiger partial charge on any atom is 0.181 e. The van der Waals surface area contributed by atoms with Crippen LogP contribution in [0.4, 0.5) is 0 Å². The number of furan rings is 1. The summed E-state index contributed by atoms with van der Waals surface area (Å²) in [6.45, 7) is 3.04. The van der Waals surface area contributed by atoms with Crippen LogP contribution in [0, 0.1) is 6.92 Å². The third-order valence-corrected chi connectivity index (χ3v) is 4.17. The molecule has 0 aliphatic carbocycles. The minimum atomic E-state index is 0.894. The highest BCUT2D eigenvalue weighted by molar-refractivity contribution is 8.00. The van der Waals surface area contributed by atoms with Crippen molar-refractivity contribution in [2.24, 2.45) is 0 Å². The number of rotatable bonds is 6. The summed E-state index contributed by atoms with van der Waals surface area (Å²) in [4.78, 5) is 2.18. The highest BCUT2D eigenvalue weighted by atomic mass is 32.2. The van der Waals surface area contributed by atoms with Crippen LogP contribution in [0.2, 0.25) is 0 Å². The van der Waals surface area contributed by atoms with Crippen molar-refractivity contribution >= 4 is 23.1 Å². The third kappa shape index (κ3) is 4.12. The molecular formula is C12H17N3OS2. The molecule has 0 N–H and O–H groups in total. The Morgan fingerprint density at radius 2 is 2.17 bits per heavy atom. The molecular weight excluding hydrogens is 266 g/mol. The van der Waals surface area contributed by atoms with Crippen molar-refractivity contribution in [2.75, 3.05) is 20.6 Å². The number of aryl methyl sites for hydroxylation is 2. The van der Waals surface area contributed by atoms with Crippen LogP contribution in [0.5, 0.6) is 0 Å². The van der Waals surface area contributed by atoms with Gasteiger partial charge in [0.25, 0.3) is 0 Å². The molecule has 18 heavy (non-hydrogen) atoms. The zero-order valence-electron chi connectivity index (χ0n) is 10.8. The summed E-state index contributed by atoms with van der Waals surface area (Å²) in [5.74, 6) is 1.04. The van der Waals surface area contributed by atoms with Gasteiger partial charge >= 0.3 is 0 Å². The van der Waals surface area contributed by atoms with Gasteiger partial charge in [0.2, 0.25) is 0 Å². The van der Waals surface area contributed by atoms with E-state index in [1.807, 2.05) is 19.1 Å². The predicted octanol–water partition coefficient (Wildman–Crippen LogP) is 3.08. The van der Waals surface area contributed by atoms with Gasteiger partial charge in [0, 0.05) is 6.42 Å². The van der Waals surface area contributed by atoms with Crippen molar-refractivity contribution in [2.45, 2.75) is 29.2 Å². The van der Waals surface area contributed by atoms with E-state index in [1.165, 1.54) is 11.8 Å². The standard InChI is InChI=1S/C12H17N3OS2/c1-9-13-14-12(17-9)18-11-7-6-10(16-11)5-4-8-15(2)3/h6-7H,4-5,8H2,1-3H3. The topological polar surface area (TPSA) is 42.2 Å². The lowest BCUT2D eigenvalue weighted by Gasteiger charge is -2.07. The van der Waals surface area contributed by atoms with E-state index in [4.69, 9.17) is 4.42 Å². The first-order valence-electron chi connectivity index (χ1n) is 5.85. The molecule has 0 aliphatic rings. The summed E-state index contributed by atoms with van der Waals surface area (Å²) in [5, 5.41) is 9.94. The maximum atomic E-state index is 5.76. The highest BCUT2D eigenvalue weighted by Gasteiger charge is 2.07. The molecule has 0 saturated carbocycles. The van der Waals surface area contributed by atoms with E-state index in [2.05, 4.69) is 29.2 Å². The summed E-state index contributed by atoms with van der Waals surface area (Å²) < 4.78 is 6.69. The minimum Gasteiger partial charge on any atom is -0.454 e. The van der Waals surface area contributed by atoms with Crippen molar-refractivity contribution in [3.05, 3.63) is 22.9 Å². The van der Waals surface area contributed by atoms with Crippen LogP contribution >= 0.6 is 23.1 Å². The van der Waals surface area contributed by atoms with Gasteiger partial charge in [-0.05, 0) is 57.9 Å². The Hall–Kier alpha value is -0.850. The van der Waals surface area contributed by atoms with E-state index < -0.39 is 0 Å². The molecule has 0 bridgehead atoms. The van der Waals surface area contributed by atoms with Crippen molar-refractivity contribution < 1.29 is 4.42 Å². The van der Waals surface area contributed by atoms with E-state index in [-0.39, 0.29) is 0 Å². The Morgan fingerprint density at radius 3 is 2.83 bits per heavy atom. The molecule has 0 amide bonds.